The average Bonchev–Trinajstić information content (AvgIpc) is 2.63. The first-order valence-corrected chi connectivity index (χ1v) is 8.69. The van der Waals surface area contributed by atoms with Gasteiger partial charge < -0.3 is 15.1 Å². The summed E-state index contributed by atoms with van der Waals surface area (Å²) >= 11 is 5.66. The van der Waals surface area contributed by atoms with E-state index < -0.39 is 17.6 Å². The van der Waals surface area contributed by atoms with Crippen LogP contribution in [0.2, 0.25) is 5.02 Å². The molecule has 1 aliphatic rings. The molecule has 9 heteroatoms. The first kappa shape index (κ1) is 19.4. The van der Waals surface area contributed by atoms with Crippen LogP contribution in [0.4, 0.5) is 24.7 Å². The highest BCUT2D eigenvalue weighted by atomic mass is 35.5. The molecule has 0 radical (unpaired) electrons. The lowest BCUT2D eigenvalue weighted by Gasteiger charge is -2.33. The van der Waals surface area contributed by atoms with E-state index in [0.29, 0.717) is 5.82 Å². The van der Waals surface area contributed by atoms with E-state index >= 15 is 0 Å². The predicted molar refractivity (Wildman–Crippen MR) is 98.4 cm³/mol. The van der Waals surface area contributed by atoms with Gasteiger partial charge in [-0.05, 0) is 37.4 Å². The number of rotatable bonds is 3. The molecule has 1 saturated heterocycles. The quantitative estimate of drug-likeness (QED) is 0.855. The number of alkyl halides is 3. The lowest BCUT2D eigenvalue weighted by atomic mass is 10.1. The van der Waals surface area contributed by atoms with Gasteiger partial charge in [0.2, 0.25) is 0 Å². The minimum absolute atomic E-state index is 0.0541. The van der Waals surface area contributed by atoms with Crippen molar-refractivity contribution in [1.82, 2.24) is 9.88 Å². The molecule has 1 aromatic carbocycles. The highest BCUT2D eigenvalue weighted by Crippen LogP contribution is 2.36. The summed E-state index contributed by atoms with van der Waals surface area (Å²) in [5, 5.41) is 2.27. The van der Waals surface area contributed by atoms with E-state index in [0.717, 1.165) is 38.3 Å². The molecular weight excluding hydrogens is 381 g/mol. The van der Waals surface area contributed by atoms with Crippen LogP contribution in [0.1, 0.15) is 15.9 Å². The second-order valence-corrected chi connectivity index (χ2v) is 6.77. The molecule has 2 aromatic rings. The average molecular weight is 399 g/mol. The number of nitrogens with zero attached hydrogens (tertiary/aromatic N) is 3. The number of halogens is 4. The number of amides is 1. The molecule has 1 aromatic heterocycles. The number of pyridine rings is 1. The number of aromatic nitrogens is 1. The van der Waals surface area contributed by atoms with E-state index in [1.54, 1.807) is 6.07 Å². The van der Waals surface area contributed by atoms with Crippen LogP contribution in [-0.4, -0.2) is 49.0 Å². The van der Waals surface area contributed by atoms with Gasteiger partial charge in [-0.3, -0.25) is 4.79 Å². The smallest absolute Gasteiger partial charge is 0.354 e. The molecule has 1 fully saturated rings. The van der Waals surface area contributed by atoms with E-state index in [1.807, 2.05) is 11.9 Å². The van der Waals surface area contributed by atoms with Crippen molar-refractivity contribution in [3.63, 3.8) is 0 Å². The normalized spacial score (nSPS) is 15.7. The maximum Gasteiger partial charge on any atom is 0.418 e. The highest BCUT2D eigenvalue weighted by molar-refractivity contribution is 6.30. The minimum Gasteiger partial charge on any atom is -0.354 e. The number of benzene rings is 1. The van der Waals surface area contributed by atoms with E-state index in [4.69, 9.17) is 11.6 Å². The molecule has 2 heterocycles. The number of likely N-dealkylation sites (N-methyl/N-ethyl adjacent to an activating group) is 1. The van der Waals surface area contributed by atoms with Crippen LogP contribution in [0.15, 0.2) is 36.5 Å². The molecule has 5 nitrogen and oxygen atoms in total. The second kappa shape index (κ2) is 7.74. The summed E-state index contributed by atoms with van der Waals surface area (Å²) in [7, 11) is 2.03. The third-order valence-electron chi connectivity index (χ3n) is 4.37. The van der Waals surface area contributed by atoms with Gasteiger partial charge in [-0.25, -0.2) is 4.98 Å². The fourth-order valence-corrected chi connectivity index (χ4v) is 2.99. The highest BCUT2D eigenvalue weighted by Gasteiger charge is 2.34. The Labute approximate surface area is 159 Å². The van der Waals surface area contributed by atoms with Gasteiger partial charge in [-0.15, -0.1) is 0 Å². The number of hydrogen-bond acceptors (Lipinski definition) is 4. The van der Waals surface area contributed by atoms with Crippen LogP contribution in [0, 0.1) is 0 Å². The molecule has 27 heavy (non-hydrogen) atoms. The predicted octanol–water partition coefficient (Wildman–Crippen LogP) is 3.76. The van der Waals surface area contributed by atoms with E-state index in [1.165, 1.54) is 18.3 Å². The van der Waals surface area contributed by atoms with Gasteiger partial charge in [0.05, 0.1) is 11.3 Å². The fraction of sp³-hybridized carbons (Fsp3) is 0.333. The van der Waals surface area contributed by atoms with Crippen molar-refractivity contribution in [3.05, 3.63) is 52.7 Å². The topological polar surface area (TPSA) is 48.5 Å². The number of hydrogen-bond donors (Lipinski definition) is 1. The Hall–Kier alpha value is -2.32. The van der Waals surface area contributed by atoms with Crippen molar-refractivity contribution in [3.8, 4) is 0 Å². The van der Waals surface area contributed by atoms with E-state index in [9.17, 15) is 18.0 Å². The first-order chi connectivity index (χ1) is 12.7. The number of anilines is 2. The zero-order valence-corrected chi connectivity index (χ0v) is 15.3. The molecule has 0 bridgehead atoms. The minimum atomic E-state index is -4.63. The Bertz CT molecular complexity index is 836. The third kappa shape index (κ3) is 4.70. The maximum absolute atomic E-state index is 13.2. The van der Waals surface area contributed by atoms with Crippen molar-refractivity contribution in [1.29, 1.82) is 0 Å². The first-order valence-electron chi connectivity index (χ1n) is 8.31. The van der Waals surface area contributed by atoms with Gasteiger partial charge in [-0.1, -0.05) is 11.6 Å². The largest absolute Gasteiger partial charge is 0.418 e. The Morgan fingerprint density at radius 2 is 1.85 bits per heavy atom. The van der Waals surface area contributed by atoms with Gasteiger partial charge in [-0.2, -0.15) is 13.2 Å². The van der Waals surface area contributed by atoms with Crippen molar-refractivity contribution in [2.45, 2.75) is 6.18 Å². The third-order valence-corrected chi connectivity index (χ3v) is 4.61. The summed E-state index contributed by atoms with van der Waals surface area (Å²) in [5.41, 5.74) is -1.09. The van der Waals surface area contributed by atoms with E-state index in [-0.39, 0.29) is 16.3 Å². The zero-order chi connectivity index (χ0) is 19.6. The fourth-order valence-electron chi connectivity index (χ4n) is 2.82. The molecule has 1 amide bonds. The summed E-state index contributed by atoms with van der Waals surface area (Å²) < 4.78 is 39.6. The van der Waals surface area contributed by atoms with Crippen LogP contribution < -0.4 is 10.2 Å². The van der Waals surface area contributed by atoms with Gasteiger partial charge in [0, 0.05) is 43.0 Å². The summed E-state index contributed by atoms with van der Waals surface area (Å²) in [5.74, 6) is -0.0106. The van der Waals surface area contributed by atoms with Gasteiger partial charge in [0.1, 0.15) is 5.82 Å². The molecule has 0 unspecified atom stereocenters. The SMILES string of the molecule is CN1CCN(c2cc(C(=O)Nc3ccc(Cl)cc3C(F)(F)F)ccn2)CC1. The number of nitrogens with one attached hydrogen (secondary N) is 1. The Kier molecular flexibility index (Phi) is 5.57. The number of carbonyl (C=O) groups excluding carboxylic acids is 1. The van der Waals surface area contributed by atoms with Gasteiger partial charge >= 0.3 is 6.18 Å². The zero-order valence-electron chi connectivity index (χ0n) is 14.6. The molecule has 1 aliphatic heterocycles. The van der Waals surface area contributed by atoms with Gasteiger partial charge in [0.25, 0.3) is 5.91 Å². The van der Waals surface area contributed by atoms with Crippen LogP contribution in [0.25, 0.3) is 0 Å². The summed E-state index contributed by atoms with van der Waals surface area (Å²) in [6, 6.07) is 6.29. The van der Waals surface area contributed by atoms with Crippen molar-refractivity contribution < 1.29 is 18.0 Å². The lowest BCUT2D eigenvalue weighted by molar-refractivity contribution is -0.136. The molecule has 1 N–H and O–H groups in total. The lowest BCUT2D eigenvalue weighted by Crippen LogP contribution is -2.44. The monoisotopic (exact) mass is 398 g/mol. The number of piperazine rings is 1. The Morgan fingerprint density at radius 3 is 2.52 bits per heavy atom. The number of carbonyl (C=O) groups is 1. The molecule has 0 saturated carbocycles. The molecule has 0 aliphatic carbocycles. The molecule has 0 spiro atoms. The summed E-state index contributed by atoms with van der Waals surface area (Å²) in [6.07, 6.45) is -3.15. The van der Waals surface area contributed by atoms with Crippen molar-refractivity contribution in [2.75, 3.05) is 43.4 Å². The van der Waals surface area contributed by atoms with E-state index in [2.05, 4.69) is 15.2 Å². The molecule has 0 atom stereocenters. The molecule has 3 rings (SSSR count). The standard InChI is InChI=1S/C18H18ClF3N4O/c1-25-6-8-26(9-7-25)16-10-12(4-5-23-16)17(27)24-15-3-2-13(19)11-14(15)18(20,21)22/h2-5,10-11H,6-9H2,1H3,(H,24,27). The Balaban J connectivity index is 1.80. The van der Waals surface area contributed by atoms with Crippen molar-refractivity contribution in [2.24, 2.45) is 0 Å². The van der Waals surface area contributed by atoms with Gasteiger partial charge in [0.15, 0.2) is 0 Å². The van der Waals surface area contributed by atoms with Crippen LogP contribution in [0.3, 0.4) is 0 Å². The summed E-state index contributed by atoms with van der Waals surface area (Å²) in [4.78, 5) is 21.0. The van der Waals surface area contributed by atoms with Crippen LogP contribution in [-0.2, 0) is 6.18 Å². The Morgan fingerprint density at radius 1 is 1.15 bits per heavy atom. The maximum atomic E-state index is 13.2. The second-order valence-electron chi connectivity index (χ2n) is 6.33. The summed E-state index contributed by atoms with van der Waals surface area (Å²) in [6.45, 7) is 3.28. The molecule has 144 valence electrons. The van der Waals surface area contributed by atoms with Crippen LogP contribution >= 0.6 is 11.6 Å². The van der Waals surface area contributed by atoms with Crippen LogP contribution in [0.5, 0.6) is 0 Å². The van der Waals surface area contributed by atoms with Crippen molar-refractivity contribution >= 4 is 29.0 Å². The molecular formula is C18H18ClF3N4O.